The van der Waals surface area contributed by atoms with E-state index < -0.39 is 23.6 Å². The maximum atomic E-state index is 13.5. The normalized spacial score (nSPS) is 25.3. The molecule has 2 amide bonds. The molecule has 0 aliphatic carbocycles. The number of fused-ring (bicyclic) bond motifs is 2. The number of ether oxygens (including phenoxy) is 1. The van der Waals surface area contributed by atoms with Gasteiger partial charge in [-0.2, -0.15) is 0 Å². The Morgan fingerprint density at radius 3 is 2.74 bits per heavy atom. The highest BCUT2D eigenvalue weighted by Crippen LogP contribution is 2.49. The number of methoxy groups -OCH3 is 1. The molecule has 0 radical (unpaired) electrons. The minimum atomic E-state index is -1.27. The molecule has 1 saturated heterocycles. The Bertz CT molecular complexity index is 1070. The highest BCUT2D eigenvalue weighted by atomic mass is 35.5. The van der Waals surface area contributed by atoms with Crippen molar-refractivity contribution >= 4 is 34.8 Å². The molecule has 8 heteroatoms. The van der Waals surface area contributed by atoms with E-state index in [2.05, 4.69) is 16.0 Å². The molecule has 2 aromatic rings. The summed E-state index contributed by atoms with van der Waals surface area (Å²) in [4.78, 5) is 26.9. The van der Waals surface area contributed by atoms with Crippen LogP contribution in [0.15, 0.2) is 30.3 Å². The zero-order valence-corrected chi connectivity index (χ0v) is 18.6. The van der Waals surface area contributed by atoms with E-state index in [1.165, 1.54) is 7.11 Å². The SMILES string of the molecule is COc1ccc(Cl)cc1NC(=O)C1CC(C(C)O)NC12C(=O)Nc1c(C)cc(C)cc12. The lowest BCUT2D eigenvalue weighted by Gasteiger charge is -2.30. The third-order valence-corrected chi connectivity index (χ3v) is 6.48. The van der Waals surface area contributed by atoms with E-state index >= 15 is 0 Å². The molecule has 2 heterocycles. The zero-order chi connectivity index (χ0) is 22.5. The van der Waals surface area contributed by atoms with Crippen molar-refractivity contribution in [2.75, 3.05) is 17.7 Å². The van der Waals surface area contributed by atoms with Crippen LogP contribution in [0.1, 0.15) is 30.0 Å². The molecule has 0 saturated carbocycles. The third-order valence-electron chi connectivity index (χ3n) is 6.24. The predicted octanol–water partition coefficient (Wildman–Crippen LogP) is 3.11. The maximum absolute atomic E-state index is 13.5. The first-order chi connectivity index (χ1) is 14.7. The van der Waals surface area contributed by atoms with Crippen molar-refractivity contribution in [3.63, 3.8) is 0 Å². The van der Waals surface area contributed by atoms with Crippen LogP contribution in [0.4, 0.5) is 11.4 Å². The highest BCUT2D eigenvalue weighted by Gasteiger charge is 2.61. The quantitative estimate of drug-likeness (QED) is 0.582. The largest absolute Gasteiger partial charge is 0.495 e. The van der Waals surface area contributed by atoms with Crippen molar-refractivity contribution in [3.8, 4) is 5.75 Å². The van der Waals surface area contributed by atoms with Crippen LogP contribution in [-0.4, -0.2) is 36.2 Å². The summed E-state index contributed by atoms with van der Waals surface area (Å²) < 4.78 is 5.34. The molecule has 1 fully saturated rings. The molecule has 4 N–H and O–H groups in total. The van der Waals surface area contributed by atoms with Crippen LogP contribution in [0.25, 0.3) is 0 Å². The van der Waals surface area contributed by atoms with Gasteiger partial charge in [0.25, 0.3) is 0 Å². The number of aryl methyl sites for hydroxylation is 2. The number of nitrogens with one attached hydrogen (secondary N) is 3. The summed E-state index contributed by atoms with van der Waals surface area (Å²) in [5, 5.41) is 19.9. The Hall–Kier alpha value is -2.61. The number of amides is 2. The van der Waals surface area contributed by atoms with E-state index in [0.717, 1.165) is 16.7 Å². The van der Waals surface area contributed by atoms with Crippen molar-refractivity contribution in [1.82, 2.24) is 5.32 Å². The molecular weight excluding hydrogens is 418 g/mol. The number of hydrogen-bond donors (Lipinski definition) is 4. The van der Waals surface area contributed by atoms with Crippen molar-refractivity contribution in [1.29, 1.82) is 0 Å². The van der Waals surface area contributed by atoms with E-state index in [1.807, 2.05) is 26.0 Å². The number of carbonyl (C=O) groups excluding carboxylic acids is 2. The molecule has 2 aliphatic rings. The zero-order valence-electron chi connectivity index (χ0n) is 17.9. The van der Waals surface area contributed by atoms with Gasteiger partial charge in [0.05, 0.1) is 24.8 Å². The average Bonchev–Trinajstić information content (AvgIpc) is 3.23. The van der Waals surface area contributed by atoms with E-state index in [1.54, 1.807) is 25.1 Å². The monoisotopic (exact) mass is 443 g/mol. The van der Waals surface area contributed by atoms with Gasteiger partial charge in [-0.3, -0.25) is 14.9 Å². The molecule has 4 rings (SSSR count). The number of hydrogen-bond acceptors (Lipinski definition) is 5. The number of halogens is 1. The summed E-state index contributed by atoms with van der Waals surface area (Å²) in [5.74, 6) is -0.929. The number of rotatable bonds is 4. The fourth-order valence-corrected chi connectivity index (χ4v) is 4.94. The molecule has 1 spiro atoms. The molecule has 31 heavy (non-hydrogen) atoms. The van der Waals surface area contributed by atoms with Crippen LogP contribution in [0, 0.1) is 19.8 Å². The van der Waals surface area contributed by atoms with Gasteiger partial charge in [-0.15, -0.1) is 0 Å². The number of anilines is 2. The first-order valence-electron chi connectivity index (χ1n) is 10.2. The van der Waals surface area contributed by atoms with Crippen molar-refractivity contribution in [2.24, 2.45) is 5.92 Å². The highest BCUT2D eigenvalue weighted by molar-refractivity contribution is 6.31. The summed E-state index contributed by atoms with van der Waals surface area (Å²) in [6.07, 6.45) is -0.440. The van der Waals surface area contributed by atoms with Gasteiger partial charge in [0, 0.05) is 22.3 Å². The lowest BCUT2D eigenvalue weighted by atomic mass is 9.78. The summed E-state index contributed by atoms with van der Waals surface area (Å²) in [6.45, 7) is 5.54. The molecule has 7 nitrogen and oxygen atoms in total. The van der Waals surface area contributed by atoms with Crippen molar-refractivity contribution in [3.05, 3.63) is 52.0 Å². The van der Waals surface area contributed by atoms with Gasteiger partial charge in [-0.25, -0.2) is 0 Å². The van der Waals surface area contributed by atoms with Gasteiger partial charge in [-0.1, -0.05) is 29.3 Å². The van der Waals surface area contributed by atoms with Crippen LogP contribution in [0.5, 0.6) is 5.75 Å². The molecule has 164 valence electrons. The van der Waals surface area contributed by atoms with Crippen LogP contribution in [0.2, 0.25) is 5.02 Å². The fraction of sp³-hybridized carbons (Fsp3) is 0.391. The molecule has 4 atom stereocenters. The van der Waals surface area contributed by atoms with Crippen LogP contribution >= 0.6 is 11.6 Å². The smallest absolute Gasteiger partial charge is 0.250 e. The van der Waals surface area contributed by atoms with Gasteiger partial charge >= 0.3 is 0 Å². The summed E-state index contributed by atoms with van der Waals surface area (Å²) >= 11 is 6.11. The second-order valence-corrected chi connectivity index (χ2v) is 8.82. The molecule has 0 aromatic heterocycles. The van der Waals surface area contributed by atoms with E-state index in [-0.39, 0.29) is 11.8 Å². The van der Waals surface area contributed by atoms with E-state index in [4.69, 9.17) is 16.3 Å². The Morgan fingerprint density at radius 1 is 1.32 bits per heavy atom. The number of benzene rings is 2. The number of aliphatic hydroxyl groups excluding tert-OH is 1. The van der Waals surface area contributed by atoms with Gasteiger partial charge < -0.3 is 20.5 Å². The topological polar surface area (TPSA) is 99.7 Å². The Kier molecular flexibility index (Phi) is 5.45. The van der Waals surface area contributed by atoms with Gasteiger partial charge in [-0.05, 0) is 51.0 Å². The lowest BCUT2D eigenvalue weighted by molar-refractivity contribution is -0.130. The molecule has 2 aromatic carbocycles. The average molecular weight is 444 g/mol. The number of carbonyl (C=O) groups is 2. The van der Waals surface area contributed by atoms with Crippen molar-refractivity contribution in [2.45, 2.75) is 44.9 Å². The van der Waals surface area contributed by atoms with Gasteiger partial charge in [0.1, 0.15) is 11.3 Å². The minimum absolute atomic E-state index is 0.294. The second kappa shape index (κ2) is 7.82. The molecule has 0 bridgehead atoms. The predicted molar refractivity (Wildman–Crippen MR) is 120 cm³/mol. The lowest BCUT2D eigenvalue weighted by Crippen LogP contribution is -2.53. The Balaban J connectivity index is 1.79. The van der Waals surface area contributed by atoms with Crippen LogP contribution < -0.4 is 20.7 Å². The first kappa shape index (κ1) is 21.6. The Labute approximate surface area is 186 Å². The second-order valence-electron chi connectivity index (χ2n) is 8.38. The first-order valence-corrected chi connectivity index (χ1v) is 10.6. The summed E-state index contributed by atoms with van der Waals surface area (Å²) in [5.41, 5.74) is 2.52. The summed E-state index contributed by atoms with van der Waals surface area (Å²) in [7, 11) is 1.51. The van der Waals surface area contributed by atoms with Gasteiger partial charge in [0.15, 0.2) is 0 Å². The van der Waals surface area contributed by atoms with Crippen LogP contribution in [-0.2, 0) is 15.1 Å². The standard InChI is InChI=1S/C23H26ClN3O4/c1-11-7-12(2)20-15(8-11)23(22(30)26-20)16(10-17(27-23)13(3)28)21(29)25-18-9-14(24)5-6-19(18)31-4/h5-9,13,16-17,27-28H,10H2,1-4H3,(H,25,29)(H,26,30). The van der Waals surface area contributed by atoms with E-state index in [9.17, 15) is 14.7 Å². The molecule has 2 aliphatic heterocycles. The Morgan fingerprint density at radius 2 is 2.06 bits per heavy atom. The minimum Gasteiger partial charge on any atom is -0.495 e. The molecular formula is C23H26ClN3O4. The van der Waals surface area contributed by atoms with Gasteiger partial charge in [0.2, 0.25) is 11.8 Å². The third kappa shape index (κ3) is 3.46. The fourth-order valence-electron chi connectivity index (χ4n) is 4.77. The van der Waals surface area contributed by atoms with Crippen LogP contribution in [0.3, 0.4) is 0 Å². The summed E-state index contributed by atoms with van der Waals surface area (Å²) in [6, 6.07) is 8.45. The van der Waals surface area contributed by atoms with E-state index in [0.29, 0.717) is 28.6 Å². The van der Waals surface area contributed by atoms with Crippen molar-refractivity contribution < 1.29 is 19.4 Å². The number of aliphatic hydroxyl groups is 1. The maximum Gasteiger partial charge on any atom is 0.250 e. The molecule has 4 unspecified atom stereocenters.